The van der Waals surface area contributed by atoms with E-state index in [0.717, 1.165) is 11.4 Å². The van der Waals surface area contributed by atoms with Crippen LogP contribution >= 0.6 is 0 Å². The molecule has 0 radical (unpaired) electrons. The van der Waals surface area contributed by atoms with Gasteiger partial charge in [-0.15, -0.1) is 0 Å². The lowest BCUT2D eigenvalue weighted by Crippen LogP contribution is -2.24. The molecule has 0 N–H and O–H groups in total. The molecule has 0 fully saturated rings. The molecule has 3 nitrogen and oxygen atoms in total. The molecule has 3 heteroatoms. The second-order valence-corrected chi connectivity index (χ2v) is 5.13. The van der Waals surface area contributed by atoms with Gasteiger partial charge < -0.3 is 4.74 Å². The average Bonchev–Trinajstić information content (AvgIpc) is 2.28. The van der Waals surface area contributed by atoms with Crippen molar-refractivity contribution >= 4 is 17.4 Å². The van der Waals surface area contributed by atoms with Gasteiger partial charge in [0.15, 0.2) is 0 Å². The van der Waals surface area contributed by atoms with Crippen LogP contribution in [0.3, 0.4) is 0 Å². The van der Waals surface area contributed by atoms with Crippen LogP contribution in [0.2, 0.25) is 0 Å². The smallest absolute Gasteiger partial charge is 0.311 e. The van der Waals surface area contributed by atoms with Crippen molar-refractivity contribution in [2.75, 3.05) is 6.61 Å². The molecule has 0 spiro atoms. The van der Waals surface area contributed by atoms with Gasteiger partial charge in [0, 0.05) is 11.1 Å². The van der Waals surface area contributed by atoms with E-state index in [-0.39, 0.29) is 17.8 Å². The van der Waals surface area contributed by atoms with Gasteiger partial charge in [0.05, 0.1) is 18.7 Å². The summed E-state index contributed by atoms with van der Waals surface area (Å²) in [6.07, 6.45) is 0.242. The first-order chi connectivity index (χ1) is 8.43. The van der Waals surface area contributed by atoms with Gasteiger partial charge in [-0.3, -0.25) is 9.79 Å². The largest absolute Gasteiger partial charge is 0.466 e. The number of benzene rings is 1. The number of hydrogen-bond acceptors (Lipinski definition) is 3. The van der Waals surface area contributed by atoms with E-state index >= 15 is 0 Å². The van der Waals surface area contributed by atoms with Crippen molar-refractivity contribution in [3.8, 4) is 0 Å². The summed E-state index contributed by atoms with van der Waals surface area (Å²) in [6.45, 7) is 8.36. The summed E-state index contributed by atoms with van der Waals surface area (Å²) in [7, 11) is 0. The van der Waals surface area contributed by atoms with Crippen LogP contribution in [0.1, 0.15) is 34.1 Å². The highest BCUT2D eigenvalue weighted by atomic mass is 16.5. The van der Waals surface area contributed by atoms with E-state index in [2.05, 4.69) is 4.99 Å². The molecule has 0 heterocycles. The molecule has 0 aliphatic heterocycles. The quantitative estimate of drug-likeness (QED) is 0.600. The fourth-order valence-electron chi connectivity index (χ4n) is 1.48. The maximum absolute atomic E-state index is 11.6. The van der Waals surface area contributed by atoms with E-state index in [1.807, 2.05) is 58.0 Å². The maximum atomic E-state index is 11.6. The van der Waals surface area contributed by atoms with Crippen LogP contribution in [-0.2, 0) is 9.53 Å². The first-order valence-electron chi connectivity index (χ1n) is 6.22. The number of ether oxygens (including phenoxy) is 1. The van der Waals surface area contributed by atoms with Crippen molar-refractivity contribution in [3.05, 3.63) is 30.3 Å². The number of aliphatic imine (C=N–C) groups is 1. The second kappa shape index (κ2) is 6.34. The Morgan fingerprint density at radius 1 is 1.22 bits per heavy atom. The topological polar surface area (TPSA) is 38.7 Å². The number of esters is 1. The zero-order valence-corrected chi connectivity index (χ0v) is 11.6. The summed E-state index contributed by atoms with van der Waals surface area (Å²) in [4.78, 5) is 16.2. The van der Waals surface area contributed by atoms with Crippen molar-refractivity contribution < 1.29 is 9.53 Å². The van der Waals surface area contributed by atoms with Crippen LogP contribution in [0.15, 0.2) is 35.3 Å². The van der Waals surface area contributed by atoms with Gasteiger partial charge >= 0.3 is 5.97 Å². The Labute approximate surface area is 109 Å². The summed E-state index contributed by atoms with van der Waals surface area (Å²) in [5.74, 6) is -0.220. The van der Waals surface area contributed by atoms with E-state index in [1.54, 1.807) is 0 Å². The highest BCUT2D eigenvalue weighted by Gasteiger charge is 2.22. The molecule has 98 valence electrons. The lowest BCUT2D eigenvalue weighted by atomic mass is 9.88. The van der Waals surface area contributed by atoms with Gasteiger partial charge in [-0.05, 0) is 19.1 Å². The molecule has 0 amide bonds. The van der Waals surface area contributed by atoms with Gasteiger partial charge in [0.25, 0.3) is 0 Å². The Morgan fingerprint density at radius 3 is 2.33 bits per heavy atom. The Hall–Kier alpha value is -1.64. The van der Waals surface area contributed by atoms with Crippen LogP contribution < -0.4 is 0 Å². The summed E-state index contributed by atoms with van der Waals surface area (Å²) >= 11 is 0. The molecule has 0 bridgehead atoms. The third-order valence-corrected chi connectivity index (χ3v) is 2.50. The Kier molecular flexibility index (Phi) is 5.08. The van der Waals surface area contributed by atoms with Crippen LogP contribution in [0.25, 0.3) is 0 Å². The molecular weight excluding hydrogens is 226 g/mol. The fourth-order valence-corrected chi connectivity index (χ4v) is 1.48. The molecule has 0 aromatic heterocycles. The zero-order valence-electron chi connectivity index (χ0n) is 11.6. The zero-order chi connectivity index (χ0) is 13.6. The minimum Gasteiger partial charge on any atom is -0.466 e. The van der Waals surface area contributed by atoms with E-state index in [4.69, 9.17) is 4.74 Å². The lowest BCUT2D eigenvalue weighted by molar-refractivity contribution is -0.141. The Morgan fingerprint density at radius 2 is 1.83 bits per heavy atom. The molecular formula is C15H21NO2. The van der Waals surface area contributed by atoms with Crippen LogP contribution in [0, 0.1) is 5.41 Å². The highest BCUT2D eigenvalue weighted by Crippen LogP contribution is 2.23. The summed E-state index contributed by atoms with van der Waals surface area (Å²) < 4.78 is 4.99. The molecule has 0 saturated heterocycles. The molecule has 18 heavy (non-hydrogen) atoms. The monoisotopic (exact) mass is 247 g/mol. The minimum absolute atomic E-state index is 0.150. The standard InChI is InChI=1S/C15H21NO2/c1-5-18-14(17)11-13(15(2,3)4)16-12-9-7-6-8-10-12/h6-10H,5,11H2,1-4H3. The SMILES string of the molecule is CCOC(=O)CC(=Nc1ccccc1)C(C)(C)C. The van der Waals surface area contributed by atoms with Gasteiger partial charge in [-0.1, -0.05) is 39.0 Å². The van der Waals surface area contributed by atoms with Gasteiger partial charge in [-0.2, -0.15) is 0 Å². The van der Waals surface area contributed by atoms with Gasteiger partial charge in [0.2, 0.25) is 0 Å². The first-order valence-corrected chi connectivity index (χ1v) is 6.22. The third kappa shape index (κ3) is 4.70. The van der Waals surface area contributed by atoms with Crippen molar-refractivity contribution in [2.45, 2.75) is 34.1 Å². The molecule has 0 aliphatic carbocycles. The fraction of sp³-hybridized carbons (Fsp3) is 0.467. The number of rotatable bonds is 4. The molecule has 1 rings (SSSR count). The lowest BCUT2D eigenvalue weighted by Gasteiger charge is -2.21. The molecule has 1 aromatic carbocycles. The van der Waals surface area contributed by atoms with E-state index < -0.39 is 0 Å². The van der Waals surface area contributed by atoms with Crippen molar-refractivity contribution in [2.24, 2.45) is 10.4 Å². The van der Waals surface area contributed by atoms with Crippen LogP contribution in [0.4, 0.5) is 5.69 Å². The Balaban J connectivity index is 2.93. The molecule has 0 atom stereocenters. The van der Waals surface area contributed by atoms with E-state index in [0.29, 0.717) is 6.61 Å². The van der Waals surface area contributed by atoms with E-state index in [1.165, 1.54) is 0 Å². The normalized spacial score (nSPS) is 12.3. The third-order valence-electron chi connectivity index (χ3n) is 2.50. The maximum Gasteiger partial charge on any atom is 0.311 e. The van der Waals surface area contributed by atoms with Crippen molar-refractivity contribution in [3.63, 3.8) is 0 Å². The number of nitrogens with zero attached hydrogens (tertiary/aromatic N) is 1. The number of carbonyl (C=O) groups is 1. The molecule has 0 unspecified atom stereocenters. The van der Waals surface area contributed by atoms with E-state index in [9.17, 15) is 4.79 Å². The summed E-state index contributed by atoms with van der Waals surface area (Å²) in [6, 6.07) is 9.67. The molecule has 1 aromatic rings. The molecule has 0 aliphatic rings. The summed E-state index contributed by atoms with van der Waals surface area (Å²) in [5, 5.41) is 0. The van der Waals surface area contributed by atoms with Crippen molar-refractivity contribution in [1.82, 2.24) is 0 Å². The second-order valence-electron chi connectivity index (χ2n) is 5.13. The van der Waals surface area contributed by atoms with Crippen molar-refractivity contribution in [1.29, 1.82) is 0 Å². The number of para-hydroxylation sites is 1. The number of carbonyl (C=O) groups excluding carboxylic acids is 1. The van der Waals surface area contributed by atoms with Gasteiger partial charge in [0.1, 0.15) is 0 Å². The van der Waals surface area contributed by atoms with Crippen LogP contribution in [0.5, 0.6) is 0 Å². The van der Waals surface area contributed by atoms with Crippen LogP contribution in [-0.4, -0.2) is 18.3 Å². The number of hydrogen-bond donors (Lipinski definition) is 0. The molecule has 0 saturated carbocycles. The Bertz CT molecular complexity index is 416. The van der Waals surface area contributed by atoms with Gasteiger partial charge in [-0.25, -0.2) is 0 Å². The first kappa shape index (κ1) is 14.4. The predicted octanol–water partition coefficient (Wildman–Crippen LogP) is 3.76. The predicted molar refractivity (Wildman–Crippen MR) is 74.2 cm³/mol. The average molecular weight is 247 g/mol. The summed E-state index contributed by atoms with van der Waals surface area (Å²) in [5.41, 5.74) is 1.56. The minimum atomic E-state index is -0.220. The highest BCUT2D eigenvalue weighted by molar-refractivity contribution is 6.02.